The first-order chi connectivity index (χ1) is 6.57. The third kappa shape index (κ3) is 1.81. The molecule has 2 rings (SSSR count). The molecule has 76 valence electrons. The predicted octanol–water partition coefficient (Wildman–Crippen LogP) is 1.90. The second-order valence-corrected chi connectivity index (χ2v) is 4.81. The third-order valence-electron chi connectivity index (χ3n) is 2.79. The number of nitrogens with two attached hydrogens (primary N) is 1. The summed E-state index contributed by atoms with van der Waals surface area (Å²) >= 11 is 0. The molecule has 3 heteroatoms. The van der Waals surface area contributed by atoms with Gasteiger partial charge in [0.25, 0.3) is 0 Å². The molecule has 0 amide bonds. The van der Waals surface area contributed by atoms with E-state index in [2.05, 4.69) is 23.7 Å². The van der Waals surface area contributed by atoms with Crippen LogP contribution in [0, 0.1) is 5.41 Å². The second-order valence-electron chi connectivity index (χ2n) is 4.81. The lowest BCUT2D eigenvalue weighted by atomic mass is 9.93. The van der Waals surface area contributed by atoms with Crippen molar-refractivity contribution in [3.05, 3.63) is 18.5 Å². The van der Waals surface area contributed by atoms with Crippen molar-refractivity contribution in [3.63, 3.8) is 0 Å². The summed E-state index contributed by atoms with van der Waals surface area (Å²) in [6, 6.07) is 1.99. The summed E-state index contributed by atoms with van der Waals surface area (Å²) in [5.41, 5.74) is 8.02. The van der Waals surface area contributed by atoms with E-state index in [1.807, 2.05) is 12.3 Å². The highest BCUT2D eigenvalue weighted by atomic mass is 15.2. The van der Waals surface area contributed by atoms with Crippen LogP contribution in [0.3, 0.4) is 0 Å². The van der Waals surface area contributed by atoms with Crippen LogP contribution in [0.4, 0.5) is 11.4 Å². The van der Waals surface area contributed by atoms with Gasteiger partial charge in [0, 0.05) is 19.3 Å². The number of hydrogen-bond acceptors (Lipinski definition) is 3. The molecule has 1 aliphatic heterocycles. The van der Waals surface area contributed by atoms with Crippen LogP contribution in [0.15, 0.2) is 18.5 Å². The zero-order valence-electron chi connectivity index (χ0n) is 8.83. The number of rotatable bonds is 1. The van der Waals surface area contributed by atoms with Crippen LogP contribution in [-0.4, -0.2) is 18.1 Å². The number of anilines is 2. The number of pyridine rings is 1. The van der Waals surface area contributed by atoms with Gasteiger partial charge in [-0.05, 0) is 17.9 Å². The van der Waals surface area contributed by atoms with E-state index in [-0.39, 0.29) is 0 Å². The number of aromatic nitrogens is 1. The maximum absolute atomic E-state index is 5.70. The first-order valence-electron chi connectivity index (χ1n) is 5.02. The summed E-state index contributed by atoms with van der Waals surface area (Å²) in [7, 11) is 0. The Morgan fingerprint density at radius 1 is 1.43 bits per heavy atom. The van der Waals surface area contributed by atoms with Crippen molar-refractivity contribution in [2.45, 2.75) is 20.3 Å². The van der Waals surface area contributed by atoms with Crippen molar-refractivity contribution in [1.29, 1.82) is 0 Å². The summed E-state index contributed by atoms with van der Waals surface area (Å²) < 4.78 is 0. The van der Waals surface area contributed by atoms with Crippen LogP contribution in [0.5, 0.6) is 0 Å². The van der Waals surface area contributed by atoms with Gasteiger partial charge in [-0.2, -0.15) is 0 Å². The van der Waals surface area contributed by atoms with Crippen LogP contribution in [0.1, 0.15) is 20.3 Å². The van der Waals surface area contributed by atoms with Crippen molar-refractivity contribution < 1.29 is 0 Å². The van der Waals surface area contributed by atoms with E-state index in [0.29, 0.717) is 5.41 Å². The minimum absolute atomic E-state index is 0.421. The first kappa shape index (κ1) is 9.31. The third-order valence-corrected chi connectivity index (χ3v) is 2.79. The summed E-state index contributed by atoms with van der Waals surface area (Å²) in [5.74, 6) is 0. The molecule has 0 aliphatic carbocycles. The average molecular weight is 191 g/mol. The van der Waals surface area contributed by atoms with Gasteiger partial charge >= 0.3 is 0 Å². The highest BCUT2D eigenvalue weighted by Crippen LogP contribution is 2.32. The van der Waals surface area contributed by atoms with Crippen LogP contribution in [0.25, 0.3) is 0 Å². The van der Waals surface area contributed by atoms with E-state index in [9.17, 15) is 0 Å². The van der Waals surface area contributed by atoms with Crippen molar-refractivity contribution in [2.24, 2.45) is 5.41 Å². The van der Waals surface area contributed by atoms with E-state index in [1.165, 1.54) is 6.42 Å². The predicted molar refractivity (Wildman–Crippen MR) is 59.3 cm³/mol. The molecule has 1 fully saturated rings. The molecule has 2 heterocycles. The topological polar surface area (TPSA) is 42.2 Å². The van der Waals surface area contributed by atoms with E-state index < -0.39 is 0 Å². The number of hydrogen-bond donors (Lipinski definition) is 1. The molecule has 1 aliphatic rings. The second kappa shape index (κ2) is 3.15. The van der Waals surface area contributed by atoms with Crippen molar-refractivity contribution in [1.82, 2.24) is 4.98 Å². The van der Waals surface area contributed by atoms with Crippen molar-refractivity contribution in [3.8, 4) is 0 Å². The van der Waals surface area contributed by atoms with Gasteiger partial charge in [-0.25, -0.2) is 0 Å². The maximum atomic E-state index is 5.70. The Balaban J connectivity index is 2.17. The molecule has 0 atom stereocenters. The number of nitrogens with zero attached hydrogens (tertiary/aromatic N) is 2. The Hall–Kier alpha value is -1.25. The maximum Gasteiger partial charge on any atom is 0.0573 e. The van der Waals surface area contributed by atoms with Crippen molar-refractivity contribution >= 4 is 11.4 Å². The summed E-state index contributed by atoms with van der Waals surface area (Å²) in [4.78, 5) is 6.46. The molecule has 2 N–H and O–H groups in total. The van der Waals surface area contributed by atoms with Gasteiger partial charge in [-0.15, -0.1) is 0 Å². The summed E-state index contributed by atoms with van der Waals surface area (Å²) in [6.07, 6.45) is 4.81. The van der Waals surface area contributed by atoms with Gasteiger partial charge < -0.3 is 10.6 Å². The Kier molecular flexibility index (Phi) is 2.10. The van der Waals surface area contributed by atoms with E-state index in [0.717, 1.165) is 24.5 Å². The molecule has 0 saturated carbocycles. The molecule has 0 radical (unpaired) electrons. The van der Waals surface area contributed by atoms with Gasteiger partial charge in [0.15, 0.2) is 0 Å². The Morgan fingerprint density at radius 2 is 2.21 bits per heavy atom. The van der Waals surface area contributed by atoms with Gasteiger partial charge in [0.1, 0.15) is 0 Å². The smallest absolute Gasteiger partial charge is 0.0573 e. The first-order valence-corrected chi connectivity index (χ1v) is 5.02. The molecule has 0 bridgehead atoms. The Labute approximate surface area is 84.9 Å². The normalized spacial score (nSPS) is 20.0. The number of nitrogen functional groups attached to an aromatic ring is 1. The van der Waals surface area contributed by atoms with Crippen molar-refractivity contribution in [2.75, 3.05) is 23.7 Å². The van der Waals surface area contributed by atoms with Crippen LogP contribution < -0.4 is 10.6 Å². The lowest BCUT2D eigenvalue weighted by Gasteiger charge is -2.21. The van der Waals surface area contributed by atoms with Gasteiger partial charge in [-0.3, -0.25) is 4.98 Å². The SMILES string of the molecule is CC1(C)CCN(c2cncc(N)c2)C1. The van der Waals surface area contributed by atoms with Crippen LogP contribution >= 0.6 is 0 Å². The largest absolute Gasteiger partial charge is 0.397 e. The van der Waals surface area contributed by atoms with Gasteiger partial charge in [-0.1, -0.05) is 13.8 Å². The quantitative estimate of drug-likeness (QED) is 0.737. The molecule has 0 aromatic carbocycles. The molecular formula is C11H17N3. The highest BCUT2D eigenvalue weighted by Gasteiger charge is 2.29. The lowest BCUT2D eigenvalue weighted by molar-refractivity contribution is 0.418. The zero-order chi connectivity index (χ0) is 10.2. The Bertz CT molecular complexity index is 333. The molecule has 3 nitrogen and oxygen atoms in total. The molecule has 1 aromatic rings. The molecule has 1 aromatic heterocycles. The van der Waals surface area contributed by atoms with Crippen LogP contribution in [0.2, 0.25) is 0 Å². The molecule has 14 heavy (non-hydrogen) atoms. The average Bonchev–Trinajstić information content (AvgIpc) is 2.46. The Morgan fingerprint density at radius 3 is 2.79 bits per heavy atom. The van der Waals surface area contributed by atoms with E-state index in [4.69, 9.17) is 5.73 Å². The molecule has 0 spiro atoms. The minimum Gasteiger partial charge on any atom is -0.397 e. The van der Waals surface area contributed by atoms with Crippen LogP contribution in [-0.2, 0) is 0 Å². The van der Waals surface area contributed by atoms with Gasteiger partial charge in [0.05, 0.1) is 17.6 Å². The zero-order valence-corrected chi connectivity index (χ0v) is 8.83. The molecular weight excluding hydrogens is 174 g/mol. The fraction of sp³-hybridized carbons (Fsp3) is 0.545. The fourth-order valence-corrected chi connectivity index (χ4v) is 1.95. The monoisotopic (exact) mass is 191 g/mol. The molecule has 1 saturated heterocycles. The standard InChI is InChI=1S/C11H17N3/c1-11(2)3-4-14(8-11)10-5-9(12)6-13-7-10/h5-7H,3-4,8,12H2,1-2H3. The minimum atomic E-state index is 0.421. The van der Waals surface area contributed by atoms with Gasteiger partial charge in [0.2, 0.25) is 0 Å². The fourth-order valence-electron chi connectivity index (χ4n) is 1.95. The summed E-state index contributed by atoms with van der Waals surface area (Å²) in [6.45, 7) is 6.80. The highest BCUT2D eigenvalue weighted by molar-refractivity contribution is 5.54. The molecule has 0 unspecified atom stereocenters. The van der Waals surface area contributed by atoms with E-state index in [1.54, 1.807) is 6.20 Å². The summed E-state index contributed by atoms with van der Waals surface area (Å²) in [5, 5.41) is 0. The van der Waals surface area contributed by atoms with E-state index >= 15 is 0 Å². The lowest BCUT2D eigenvalue weighted by Crippen LogP contribution is -2.22.